The van der Waals surface area contributed by atoms with Crippen LogP contribution in [0.1, 0.15) is 30.7 Å². The number of fused-ring (bicyclic) bond motifs is 1. The quantitative estimate of drug-likeness (QED) is 0.727. The molecule has 3 heterocycles. The molecule has 4 rings (SSSR count). The lowest BCUT2D eigenvalue weighted by Gasteiger charge is -2.17. The van der Waals surface area contributed by atoms with Gasteiger partial charge in [-0.1, -0.05) is 23.8 Å². The predicted molar refractivity (Wildman–Crippen MR) is 96.7 cm³/mol. The largest absolute Gasteiger partial charge is 0.364 e. The zero-order valence-corrected chi connectivity index (χ0v) is 13.5. The summed E-state index contributed by atoms with van der Waals surface area (Å²) in [5.74, 6) is 1.15. The van der Waals surface area contributed by atoms with E-state index in [0.717, 1.165) is 23.6 Å². The molecule has 3 aromatic rings. The van der Waals surface area contributed by atoms with E-state index in [9.17, 15) is 0 Å². The molecular formula is C18H18BN5. The van der Waals surface area contributed by atoms with E-state index in [1.54, 1.807) is 10.7 Å². The van der Waals surface area contributed by atoms with Crippen LogP contribution in [-0.2, 0) is 6.54 Å². The number of nitrogens with zero attached hydrogens (tertiary/aromatic N) is 3. The first-order chi connectivity index (χ1) is 11.7. The van der Waals surface area contributed by atoms with E-state index in [1.807, 2.05) is 18.3 Å². The van der Waals surface area contributed by atoms with Crippen molar-refractivity contribution in [2.45, 2.75) is 25.8 Å². The van der Waals surface area contributed by atoms with Gasteiger partial charge >= 0.3 is 0 Å². The van der Waals surface area contributed by atoms with Gasteiger partial charge in [0.1, 0.15) is 13.7 Å². The second-order valence-electron chi connectivity index (χ2n) is 6.10. The molecule has 0 aromatic carbocycles. The molecular weight excluding hydrogens is 297 g/mol. The van der Waals surface area contributed by atoms with Gasteiger partial charge in [0.2, 0.25) is 0 Å². The average Bonchev–Trinajstić information content (AvgIpc) is 3.24. The highest BCUT2D eigenvalue weighted by Gasteiger charge is 2.16. The van der Waals surface area contributed by atoms with Crippen molar-refractivity contribution in [2.24, 2.45) is 0 Å². The number of hydrogen-bond donors (Lipinski definition) is 2. The van der Waals surface area contributed by atoms with Crippen LogP contribution in [0.25, 0.3) is 5.65 Å². The number of allylic oxidation sites excluding steroid dienone is 4. The standard InChI is InChI=1S/C18H18BN5/c1-12-4-6-13(7-5-12)16-9-17(21-10-14-3-2-8-20-14)24-18(23-16)15(19)11-22-24/h2-6,8-9,11,13,20-21H,7,10H2,1H3. The van der Waals surface area contributed by atoms with Crippen LogP contribution in [0.15, 0.2) is 54.4 Å². The van der Waals surface area contributed by atoms with E-state index in [0.29, 0.717) is 17.7 Å². The van der Waals surface area contributed by atoms with Crippen molar-refractivity contribution >= 4 is 24.8 Å². The molecule has 0 fully saturated rings. The van der Waals surface area contributed by atoms with Crippen molar-refractivity contribution in [3.05, 3.63) is 65.8 Å². The second kappa shape index (κ2) is 6.04. The molecule has 2 radical (unpaired) electrons. The fraction of sp³-hybridized carbons (Fsp3) is 0.222. The first-order valence-corrected chi connectivity index (χ1v) is 8.06. The Hall–Kier alpha value is -2.76. The third-order valence-electron chi connectivity index (χ3n) is 4.31. The summed E-state index contributed by atoms with van der Waals surface area (Å²) in [6.45, 7) is 2.80. The van der Waals surface area contributed by atoms with Crippen molar-refractivity contribution in [2.75, 3.05) is 5.32 Å². The number of nitrogens with one attached hydrogen (secondary N) is 2. The monoisotopic (exact) mass is 315 g/mol. The minimum atomic E-state index is 0.263. The Morgan fingerprint density at radius 2 is 2.38 bits per heavy atom. The molecule has 3 aromatic heterocycles. The van der Waals surface area contributed by atoms with Crippen LogP contribution in [0, 0.1) is 0 Å². The highest BCUT2D eigenvalue weighted by Crippen LogP contribution is 2.27. The minimum absolute atomic E-state index is 0.263. The Morgan fingerprint density at radius 3 is 3.12 bits per heavy atom. The summed E-state index contributed by atoms with van der Waals surface area (Å²) in [5, 5.41) is 7.77. The number of anilines is 1. The van der Waals surface area contributed by atoms with Gasteiger partial charge in [-0.2, -0.15) is 9.61 Å². The molecule has 2 N–H and O–H groups in total. The smallest absolute Gasteiger partial charge is 0.150 e. The van der Waals surface area contributed by atoms with Crippen LogP contribution < -0.4 is 10.8 Å². The molecule has 0 saturated heterocycles. The van der Waals surface area contributed by atoms with Gasteiger partial charge in [-0.05, 0) is 30.9 Å². The molecule has 5 nitrogen and oxygen atoms in total. The van der Waals surface area contributed by atoms with E-state index in [4.69, 9.17) is 12.8 Å². The average molecular weight is 315 g/mol. The number of rotatable bonds is 4. The van der Waals surface area contributed by atoms with E-state index in [-0.39, 0.29) is 5.92 Å². The summed E-state index contributed by atoms with van der Waals surface area (Å²) in [6.07, 6.45) is 11.1. The summed E-state index contributed by atoms with van der Waals surface area (Å²) in [4.78, 5) is 7.93. The van der Waals surface area contributed by atoms with Gasteiger partial charge < -0.3 is 10.3 Å². The Kier molecular flexibility index (Phi) is 3.73. The lowest BCUT2D eigenvalue weighted by molar-refractivity contribution is 0.798. The molecule has 1 atom stereocenters. The minimum Gasteiger partial charge on any atom is -0.364 e. The summed E-state index contributed by atoms with van der Waals surface area (Å²) in [7, 11) is 6.05. The van der Waals surface area contributed by atoms with Crippen molar-refractivity contribution < 1.29 is 0 Å². The molecule has 1 unspecified atom stereocenters. The van der Waals surface area contributed by atoms with Crippen LogP contribution in [0.2, 0.25) is 0 Å². The van der Waals surface area contributed by atoms with E-state index in [1.165, 1.54) is 5.57 Å². The molecule has 1 aliphatic carbocycles. The van der Waals surface area contributed by atoms with Crippen LogP contribution in [0.5, 0.6) is 0 Å². The van der Waals surface area contributed by atoms with E-state index >= 15 is 0 Å². The molecule has 0 amide bonds. The van der Waals surface area contributed by atoms with Crippen LogP contribution in [0.3, 0.4) is 0 Å². The maximum atomic E-state index is 6.05. The first-order valence-electron chi connectivity index (χ1n) is 8.06. The zero-order chi connectivity index (χ0) is 16.5. The first kappa shape index (κ1) is 14.8. The van der Waals surface area contributed by atoms with Gasteiger partial charge in [0.05, 0.1) is 12.2 Å². The lowest BCUT2D eigenvalue weighted by atomic mass is 9.94. The number of H-pyrrole nitrogens is 1. The van der Waals surface area contributed by atoms with Crippen molar-refractivity contribution in [1.82, 2.24) is 19.6 Å². The maximum absolute atomic E-state index is 6.05. The van der Waals surface area contributed by atoms with E-state index < -0.39 is 0 Å². The van der Waals surface area contributed by atoms with Gasteiger partial charge in [0, 0.05) is 30.1 Å². The highest BCUT2D eigenvalue weighted by atomic mass is 15.3. The fourth-order valence-corrected chi connectivity index (χ4v) is 2.92. The third kappa shape index (κ3) is 2.75. The van der Waals surface area contributed by atoms with Gasteiger partial charge in [-0.15, -0.1) is 0 Å². The van der Waals surface area contributed by atoms with Crippen molar-refractivity contribution in [1.29, 1.82) is 0 Å². The van der Waals surface area contributed by atoms with Crippen LogP contribution in [-0.4, -0.2) is 27.4 Å². The molecule has 118 valence electrons. The Labute approximate surface area is 141 Å². The van der Waals surface area contributed by atoms with Crippen LogP contribution >= 0.6 is 0 Å². The van der Waals surface area contributed by atoms with Gasteiger partial charge in [0.15, 0.2) is 5.65 Å². The number of aromatic nitrogens is 4. The Balaban J connectivity index is 1.70. The summed E-state index contributed by atoms with van der Waals surface area (Å²) in [6, 6.07) is 6.09. The Morgan fingerprint density at radius 1 is 1.46 bits per heavy atom. The maximum Gasteiger partial charge on any atom is 0.150 e. The summed E-state index contributed by atoms with van der Waals surface area (Å²) < 4.78 is 1.76. The normalized spacial score (nSPS) is 17.2. The second-order valence-corrected chi connectivity index (χ2v) is 6.10. The third-order valence-corrected chi connectivity index (χ3v) is 4.31. The number of aromatic amines is 1. The van der Waals surface area contributed by atoms with Gasteiger partial charge in [-0.25, -0.2) is 4.98 Å². The van der Waals surface area contributed by atoms with Crippen molar-refractivity contribution in [3.8, 4) is 0 Å². The topological polar surface area (TPSA) is 58.0 Å². The van der Waals surface area contributed by atoms with E-state index in [2.05, 4.69) is 46.6 Å². The summed E-state index contributed by atoms with van der Waals surface area (Å²) in [5.41, 5.74) is 4.69. The molecule has 24 heavy (non-hydrogen) atoms. The zero-order valence-electron chi connectivity index (χ0n) is 13.5. The molecule has 0 aliphatic heterocycles. The van der Waals surface area contributed by atoms with Gasteiger partial charge in [0.25, 0.3) is 0 Å². The van der Waals surface area contributed by atoms with Crippen LogP contribution in [0.4, 0.5) is 5.82 Å². The highest BCUT2D eigenvalue weighted by molar-refractivity contribution is 6.36. The number of hydrogen-bond acceptors (Lipinski definition) is 3. The molecule has 0 saturated carbocycles. The molecule has 6 heteroatoms. The molecule has 1 aliphatic rings. The molecule has 0 bridgehead atoms. The SMILES string of the molecule is [B]c1cnn2c(NCc3ccc[nH]3)cc(C3C=CC(C)=CC3)nc12. The predicted octanol–water partition coefficient (Wildman–Crippen LogP) is 2.45. The molecule has 0 spiro atoms. The summed E-state index contributed by atoms with van der Waals surface area (Å²) >= 11 is 0. The van der Waals surface area contributed by atoms with Crippen molar-refractivity contribution in [3.63, 3.8) is 0 Å². The fourth-order valence-electron chi connectivity index (χ4n) is 2.92. The lowest BCUT2D eigenvalue weighted by Crippen LogP contribution is -2.12. The van der Waals surface area contributed by atoms with Gasteiger partial charge in [-0.3, -0.25) is 0 Å². The Bertz CT molecular complexity index is 920.